The van der Waals surface area contributed by atoms with Crippen molar-refractivity contribution in [3.05, 3.63) is 54.1 Å². The average molecular weight is 387 g/mol. The van der Waals surface area contributed by atoms with Crippen LogP contribution in [0.4, 0.5) is 10.2 Å². The number of hydrogen-bond acceptors (Lipinski definition) is 6. The summed E-state index contributed by atoms with van der Waals surface area (Å²) in [5.41, 5.74) is 1.49. The van der Waals surface area contributed by atoms with E-state index in [2.05, 4.69) is 15.3 Å². The molecule has 1 N–H and O–H groups in total. The van der Waals surface area contributed by atoms with Crippen molar-refractivity contribution in [1.82, 2.24) is 9.97 Å². The first kappa shape index (κ1) is 17.7. The van der Waals surface area contributed by atoms with Gasteiger partial charge in [0, 0.05) is 23.3 Å². The maximum Gasteiger partial charge on any atom is 0.175 e. The Labute approximate surface area is 156 Å². The van der Waals surface area contributed by atoms with Gasteiger partial charge in [-0.05, 0) is 37.1 Å². The van der Waals surface area contributed by atoms with E-state index in [0.717, 1.165) is 18.4 Å². The van der Waals surface area contributed by atoms with Crippen molar-refractivity contribution in [3.63, 3.8) is 0 Å². The first-order valence-corrected chi connectivity index (χ1v) is 10.4. The van der Waals surface area contributed by atoms with Crippen molar-refractivity contribution < 1.29 is 17.5 Å². The number of anilines is 1. The lowest BCUT2D eigenvalue weighted by Crippen LogP contribution is -2.12. The standard InChI is InChI=1S/C19H18FN3O3S/c1-27(24,25)13-5-7-16-15(10-13)19(22-11-21-16)23-17-3-2-8-26-18-9-12(20)4-6-14(17)18/h4-7,9-11,17H,2-3,8H2,1H3,(H,21,22,23)/t17-/m1/s1. The third-order valence-corrected chi connectivity index (χ3v) is 5.70. The fraction of sp³-hybridized carbons (Fsp3) is 0.263. The lowest BCUT2D eigenvalue weighted by Gasteiger charge is -2.20. The predicted molar refractivity (Wildman–Crippen MR) is 100 cm³/mol. The Morgan fingerprint density at radius 1 is 1.19 bits per heavy atom. The Hall–Kier alpha value is -2.74. The molecule has 1 atom stereocenters. The van der Waals surface area contributed by atoms with E-state index in [-0.39, 0.29) is 16.8 Å². The number of hydrogen-bond donors (Lipinski definition) is 1. The molecule has 0 saturated heterocycles. The zero-order valence-electron chi connectivity index (χ0n) is 14.6. The number of nitrogens with one attached hydrogen (secondary N) is 1. The molecule has 27 heavy (non-hydrogen) atoms. The number of fused-ring (bicyclic) bond motifs is 2. The summed E-state index contributed by atoms with van der Waals surface area (Å²) >= 11 is 0. The van der Waals surface area contributed by atoms with Crippen LogP contribution in [0.25, 0.3) is 10.9 Å². The van der Waals surface area contributed by atoms with Crippen molar-refractivity contribution in [3.8, 4) is 5.75 Å². The molecule has 0 unspecified atom stereocenters. The Kier molecular flexibility index (Phi) is 4.43. The molecule has 4 rings (SSSR count). The molecule has 0 amide bonds. The van der Waals surface area contributed by atoms with Gasteiger partial charge in [-0.2, -0.15) is 0 Å². The molecule has 0 fully saturated rings. The molecule has 0 bridgehead atoms. The minimum atomic E-state index is -3.35. The SMILES string of the molecule is CS(=O)(=O)c1ccc2ncnc(N[C@@H]3CCCOc4cc(F)ccc43)c2c1. The van der Waals surface area contributed by atoms with Crippen LogP contribution in [0, 0.1) is 5.82 Å². The van der Waals surface area contributed by atoms with Gasteiger partial charge in [-0.3, -0.25) is 0 Å². The molecule has 1 aromatic heterocycles. The minimum Gasteiger partial charge on any atom is -0.493 e. The highest BCUT2D eigenvalue weighted by Gasteiger charge is 2.22. The Balaban J connectivity index is 1.78. The van der Waals surface area contributed by atoms with Gasteiger partial charge < -0.3 is 10.1 Å². The number of sulfone groups is 1. The van der Waals surface area contributed by atoms with Crippen LogP contribution in [-0.2, 0) is 9.84 Å². The number of halogens is 1. The second kappa shape index (κ2) is 6.77. The fourth-order valence-electron chi connectivity index (χ4n) is 3.24. The highest BCUT2D eigenvalue weighted by Crippen LogP contribution is 2.35. The summed E-state index contributed by atoms with van der Waals surface area (Å²) in [6.45, 7) is 0.511. The lowest BCUT2D eigenvalue weighted by molar-refractivity contribution is 0.315. The van der Waals surface area contributed by atoms with E-state index >= 15 is 0 Å². The zero-order chi connectivity index (χ0) is 19.0. The van der Waals surface area contributed by atoms with Gasteiger partial charge in [0.05, 0.1) is 23.1 Å². The first-order chi connectivity index (χ1) is 12.9. The van der Waals surface area contributed by atoms with Crippen LogP contribution >= 0.6 is 0 Å². The maximum atomic E-state index is 13.6. The smallest absolute Gasteiger partial charge is 0.175 e. The number of rotatable bonds is 3. The van der Waals surface area contributed by atoms with Crippen LogP contribution in [0.15, 0.2) is 47.6 Å². The third kappa shape index (κ3) is 3.57. The fourth-order valence-corrected chi connectivity index (χ4v) is 3.89. The molecule has 0 spiro atoms. The molecule has 0 radical (unpaired) electrons. The second-order valence-corrected chi connectivity index (χ2v) is 8.56. The van der Waals surface area contributed by atoms with Crippen molar-refractivity contribution in [1.29, 1.82) is 0 Å². The molecule has 0 saturated carbocycles. The lowest BCUT2D eigenvalue weighted by atomic mass is 10.0. The van der Waals surface area contributed by atoms with Gasteiger partial charge in [0.2, 0.25) is 0 Å². The Morgan fingerprint density at radius 2 is 2.04 bits per heavy atom. The molecule has 1 aliphatic heterocycles. The number of nitrogens with zero attached hydrogens (tertiary/aromatic N) is 2. The van der Waals surface area contributed by atoms with Crippen LogP contribution in [0.2, 0.25) is 0 Å². The molecule has 6 nitrogen and oxygen atoms in total. The first-order valence-electron chi connectivity index (χ1n) is 8.55. The van der Waals surface area contributed by atoms with Crippen LogP contribution in [0.3, 0.4) is 0 Å². The molecule has 140 valence electrons. The number of aromatic nitrogens is 2. The van der Waals surface area contributed by atoms with Crippen molar-refractivity contribution in [2.75, 3.05) is 18.2 Å². The van der Waals surface area contributed by atoms with Gasteiger partial charge in [-0.1, -0.05) is 6.07 Å². The molecule has 2 heterocycles. The second-order valence-electron chi connectivity index (χ2n) is 6.54. The van der Waals surface area contributed by atoms with E-state index < -0.39 is 9.84 Å². The highest BCUT2D eigenvalue weighted by molar-refractivity contribution is 7.90. The summed E-state index contributed by atoms with van der Waals surface area (Å²) in [6.07, 6.45) is 4.17. The normalized spacial score (nSPS) is 17.0. The Morgan fingerprint density at radius 3 is 2.85 bits per heavy atom. The van der Waals surface area contributed by atoms with Crippen molar-refractivity contribution in [2.24, 2.45) is 0 Å². The molecule has 8 heteroatoms. The quantitative estimate of drug-likeness (QED) is 0.741. The van der Waals surface area contributed by atoms with Gasteiger partial charge in [0.25, 0.3) is 0 Å². The molecule has 1 aliphatic rings. The largest absolute Gasteiger partial charge is 0.493 e. The van der Waals surface area contributed by atoms with Gasteiger partial charge in [-0.25, -0.2) is 22.8 Å². The minimum absolute atomic E-state index is 0.136. The molecule has 0 aliphatic carbocycles. The van der Waals surface area contributed by atoms with Gasteiger partial charge in [-0.15, -0.1) is 0 Å². The molecule has 3 aromatic rings. The molecule has 2 aromatic carbocycles. The monoisotopic (exact) mass is 387 g/mol. The number of ether oxygens (including phenoxy) is 1. The molecular formula is C19H18FN3O3S. The van der Waals surface area contributed by atoms with Crippen LogP contribution in [0.5, 0.6) is 5.75 Å². The van der Waals surface area contributed by atoms with Crippen molar-refractivity contribution >= 4 is 26.6 Å². The van der Waals surface area contributed by atoms with Crippen LogP contribution in [0.1, 0.15) is 24.4 Å². The molecular weight excluding hydrogens is 369 g/mol. The van der Waals surface area contributed by atoms with E-state index in [1.54, 1.807) is 18.2 Å². The van der Waals surface area contributed by atoms with E-state index in [9.17, 15) is 12.8 Å². The topological polar surface area (TPSA) is 81.2 Å². The van der Waals surface area contributed by atoms with E-state index in [1.807, 2.05) is 0 Å². The van der Waals surface area contributed by atoms with E-state index in [4.69, 9.17) is 4.74 Å². The van der Waals surface area contributed by atoms with E-state index in [1.165, 1.54) is 30.8 Å². The number of benzene rings is 2. The summed E-state index contributed by atoms with van der Waals surface area (Å²) in [6, 6.07) is 9.13. The van der Waals surface area contributed by atoms with Crippen LogP contribution < -0.4 is 10.1 Å². The summed E-state index contributed by atoms with van der Waals surface area (Å²) in [4.78, 5) is 8.73. The predicted octanol–water partition coefficient (Wildman–Crippen LogP) is 3.50. The summed E-state index contributed by atoms with van der Waals surface area (Å²) < 4.78 is 43.0. The van der Waals surface area contributed by atoms with Crippen molar-refractivity contribution in [2.45, 2.75) is 23.8 Å². The highest BCUT2D eigenvalue weighted by atomic mass is 32.2. The van der Waals surface area contributed by atoms with Gasteiger partial charge in [0.15, 0.2) is 9.84 Å². The third-order valence-electron chi connectivity index (χ3n) is 4.59. The summed E-state index contributed by atoms with van der Waals surface area (Å²) in [5.74, 6) is 0.701. The van der Waals surface area contributed by atoms with Crippen LogP contribution in [-0.4, -0.2) is 31.2 Å². The maximum absolute atomic E-state index is 13.6. The average Bonchev–Trinajstić information content (AvgIpc) is 2.82. The Bertz CT molecular complexity index is 1120. The summed E-state index contributed by atoms with van der Waals surface area (Å²) in [7, 11) is -3.35. The summed E-state index contributed by atoms with van der Waals surface area (Å²) in [5, 5.41) is 3.99. The van der Waals surface area contributed by atoms with Gasteiger partial charge in [0.1, 0.15) is 23.7 Å². The zero-order valence-corrected chi connectivity index (χ0v) is 15.5. The van der Waals surface area contributed by atoms with E-state index in [0.29, 0.717) is 29.1 Å². The van der Waals surface area contributed by atoms with Gasteiger partial charge >= 0.3 is 0 Å².